The summed E-state index contributed by atoms with van der Waals surface area (Å²) in [6.07, 6.45) is 1.98. The standard InChI is InChI=1S/C26H20BrClN2O4/c1-2-34-23-14-16(13-21(27)19(23)15-17-8-6-7-11-22(17)28)12-20-24(31)29-26(33)30(25(20)32)18-9-4-3-5-10-18/h3-14H,2,15H2,1H3,(H,29,31,33)/b20-12+. The van der Waals surface area contributed by atoms with Crippen LogP contribution in [0.15, 0.2) is 76.8 Å². The fourth-order valence-electron chi connectivity index (χ4n) is 3.64. The van der Waals surface area contributed by atoms with Crippen molar-refractivity contribution in [3.8, 4) is 5.75 Å². The highest BCUT2D eigenvalue weighted by Gasteiger charge is 2.36. The molecule has 1 saturated heterocycles. The molecule has 0 saturated carbocycles. The second kappa shape index (κ2) is 10.2. The van der Waals surface area contributed by atoms with Gasteiger partial charge in [0.2, 0.25) is 0 Å². The van der Waals surface area contributed by atoms with E-state index in [2.05, 4.69) is 21.2 Å². The van der Waals surface area contributed by atoms with Crippen molar-refractivity contribution in [2.75, 3.05) is 11.5 Å². The number of nitrogens with zero attached hydrogens (tertiary/aromatic N) is 1. The Kier molecular flexibility index (Phi) is 7.14. The number of carbonyl (C=O) groups is 3. The zero-order valence-corrected chi connectivity index (χ0v) is 20.5. The number of ether oxygens (including phenoxy) is 1. The number of urea groups is 1. The molecular weight excluding hydrogens is 520 g/mol. The Balaban J connectivity index is 1.73. The number of hydrogen-bond donors (Lipinski definition) is 1. The number of barbiturate groups is 1. The van der Waals surface area contributed by atoms with Crippen molar-refractivity contribution in [1.82, 2.24) is 5.32 Å². The van der Waals surface area contributed by atoms with E-state index in [9.17, 15) is 14.4 Å². The van der Waals surface area contributed by atoms with Crippen molar-refractivity contribution in [3.05, 3.63) is 98.5 Å². The monoisotopic (exact) mass is 538 g/mol. The molecular formula is C26H20BrClN2O4. The van der Waals surface area contributed by atoms with Crippen LogP contribution in [0.2, 0.25) is 5.02 Å². The van der Waals surface area contributed by atoms with Crippen molar-refractivity contribution in [2.45, 2.75) is 13.3 Å². The first-order chi connectivity index (χ1) is 16.4. The highest BCUT2D eigenvalue weighted by atomic mass is 79.9. The van der Waals surface area contributed by atoms with Crippen molar-refractivity contribution >= 4 is 57.1 Å². The van der Waals surface area contributed by atoms with Gasteiger partial charge in [0, 0.05) is 21.5 Å². The van der Waals surface area contributed by atoms with E-state index in [0.29, 0.717) is 35.1 Å². The van der Waals surface area contributed by atoms with Crippen LogP contribution < -0.4 is 15.0 Å². The van der Waals surface area contributed by atoms with Gasteiger partial charge in [-0.25, -0.2) is 9.69 Å². The Morgan fingerprint density at radius 3 is 2.44 bits per heavy atom. The van der Waals surface area contributed by atoms with Gasteiger partial charge in [0.15, 0.2) is 0 Å². The van der Waals surface area contributed by atoms with E-state index >= 15 is 0 Å². The lowest BCUT2D eigenvalue weighted by Gasteiger charge is -2.26. The van der Waals surface area contributed by atoms with Crippen molar-refractivity contribution in [2.24, 2.45) is 0 Å². The van der Waals surface area contributed by atoms with Gasteiger partial charge in [0.1, 0.15) is 11.3 Å². The van der Waals surface area contributed by atoms with Gasteiger partial charge in [-0.15, -0.1) is 0 Å². The lowest BCUT2D eigenvalue weighted by atomic mass is 10.0. The summed E-state index contributed by atoms with van der Waals surface area (Å²) in [4.78, 5) is 38.9. The molecule has 4 amide bonds. The Hall–Kier alpha value is -3.42. The van der Waals surface area contributed by atoms with Crippen LogP contribution in [0.4, 0.5) is 10.5 Å². The average molecular weight is 540 g/mol. The molecule has 34 heavy (non-hydrogen) atoms. The summed E-state index contributed by atoms with van der Waals surface area (Å²) in [5.74, 6) is -0.853. The highest BCUT2D eigenvalue weighted by molar-refractivity contribution is 9.10. The van der Waals surface area contributed by atoms with Gasteiger partial charge in [0.25, 0.3) is 11.8 Å². The Morgan fingerprint density at radius 1 is 1.03 bits per heavy atom. The van der Waals surface area contributed by atoms with Crippen LogP contribution >= 0.6 is 27.5 Å². The van der Waals surface area contributed by atoms with Crippen LogP contribution in [-0.4, -0.2) is 24.5 Å². The third-order valence-corrected chi connectivity index (χ3v) is 6.31. The molecule has 0 atom stereocenters. The number of para-hydroxylation sites is 1. The first-order valence-corrected chi connectivity index (χ1v) is 11.7. The summed E-state index contributed by atoms with van der Waals surface area (Å²) in [6, 6.07) is 18.8. The number of nitrogens with one attached hydrogen (secondary N) is 1. The number of imide groups is 2. The van der Waals surface area contributed by atoms with Crippen LogP contribution in [0.1, 0.15) is 23.6 Å². The second-order valence-corrected chi connectivity index (χ2v) is 8.74. The topological polar surface area (TPSA) is 75.7 Å². The molecule has 3 aromatic rings. The van der Waals surface area contributed by atoms with E-state index in [4.69, 9.17) is 16.3 Å². The Morgan fingerprint density at radius 2 is 1.74 bits per heavy atom. The smallest absolute Gasteiger partial charge is 0.335 e. The molecule has 0 aliphatic carbocycles. The average Bonchev–Trinajstić information content (AvgIpc) is 2.81. The predicted molar refractivity (Wildman–Crippen MR) is 135 cm³/mol. The molecule has 1 heterocycles. The van der Waals surface area contributed by atoms with Crippen LogP contribution in [-0.2, 0) is 16.0 Å². The number of halogens is 2. The van der Waals surface area contributed by atoms with Crippen LogP contribution in [0, 0.1) is 0 Å². The zero-order chi connectivity index (χ0) is 24.2. The minimum Gasteiger partial charge on any atom is -0.494 e. The molecule has 6 nitrogen and oxygen atoms in total. The molecule has 1 fully saturated rings. The molecule has 4 rings (SSSR count). The molecule has 0 radical (unpaired) electrons. The molecule has 3 aromatic carbocycles. The number of anilines is 1. The van der Waals surface area contributed by atoms with Gasteiger partial charge >= 0.3 is 6.03 Å². The molecule has 0 unspecified atom stereocenters. The van der Waals surface area contributed by atoms with E-state index < -0.39 is 17.8 Å². The minimum absolute atomic E-state index is 0.156. The van der Waals surface area contributed by atoms with E-state index in [0.717, 1.165) is 20.5 Å². The Labute approximate surface area is 210 Å². The molecule has 0 spiro atoms. The molecule has 0 aromatic heterocycles. The lowest BCUT2D eigenvalue weighted by molar-refractivity contribution is -0.122. The lowest BCUT2D eigenvalue weighted by Crippen LogP contribution is -2.54. The number of amides is 4. The van der Waals surface area contributed by atoms with Crippen molar-refractivity contribution in [1.29, 1.82) is 0 Å². The maximum Gasteiger partial charge on any atom is 0.335 e. The van der Waals surface area contributed by atoms with Gasteiger partial charge in [-0.3, -0.25) is 14.9 Å². The maximum atomic E-state index is 13.1. The van der Waals surface area contributed by atoms with Crippen molar-refractivity contribution in [3.63, 3.8) is 0 Å². The second-order valence-electron chi connectivity index (χ2n) is 7.47. The SMILES string of the molecule is CCOc1cc(/C=C2\C(=O)NC(=O)N(c3ccccc3)C2=O)cc(Br)c1Cc1ccccc1Cl. The predicted octanol–water partition coefficient (Wildman–Crippen LogP) is 5.76. The number of benzene rings is 3. The van der Waals surface area contributed by atoms with E-state index in [1.54, 1.807) is 42.5 Å². The number of hydrogen-bond acceptors (Lipinski definition) is 4. The van der Waals surface area contributed by atoms with Crippen molar-refractivity contribution < 1.29 is 19.1 Å². The number of rotatable bonds is 6. The molecule has 1 N–H and O–H groups in total. The van der Waals surface area contributed by atoms with Crippen LogP contribution in [0.3, 0.4) is 0 Å². The summed E-state index contributed by atoms with van der Waals surface area (Å²) in [5.41, 5.74) is 2.61. The number of carbonyl (C=O) groups excluding carboxylic acids is 3. The van der Waals surface area contributed by atoms with Gasteiger partial charge < -0.3 is 4.74 Å². The highest BCUT2D eigenvalue weighted by Crippen LogP contribution is 2.34. The first kappa shape index (κ1) is 23.7. The minimum atomic E-state index is -0.787. The quantitative estimate of drug-likeness (QED) is 0.319. The molecule has 8 heteroatoms. The largest absolute Gasteiger partial charge is 0.494 e. The zero-order valence-electron chi connectivity index (χ0n) is 18.2. The summed E-state index contributed by atoms with van der Waals surface area (Å²) in [5, 5.41) is 2.89. The normalized spacial score (nSPS) is 15.0. The fraction of sp³-hybridized carbons (Fsp3) is 0.115. The third-order valence-electron chi connectivity index (χ3n) is 5.23. The molecule has 1 aliphatic rings. The van der Waals surface area contributed by atoms with Gasteiger partial charge in [-0.05, 0) is 54.5 Å². The van der Waals surface area contributed by atoms with E-state index in [1.807, 2.05) is 31.2 Å². The van der Waals surface area contributed by atoms with E-state index in [1.165, 1.54) is 6.08 Å². The van der Waals surface area contributed by atoms with Crippen LogP contribution in [0.25, 0.3) is 6.08 Å². The summed E-state index contributed by atoms with van der Waals surface area (Å²) >= 11 is 9.95. The summed E-state index contributed by atoms with van der Waals surface area (Å²) < 4.78 is 6.61. The van der Waals surface area contributed by atoms with Gasteiger partial charge in [-0.2, -0.15) is 0 Å². The fourth-order valence-corrected chi connectivity index (χ4v) is 4.44. The maximum absolute atomic E-state index is 13.1. The van der Waals surface area contributed by atoms with Gasteiger partial charge in [0.05, 0.1) is 12.3 Å². The Bertz CT molecular complexity index is 1310. The third kappa shape index (κ3) is 4.90. The summed E-state index contributed by atoms with van der Waals surface area (Å²) in [6.45, 7) is 2.30. The molecule has 0 bridgehead atoms. The molecule has 172 valence electrons. The van der Waals surface area contributed by atoms with Crippen LogP contribution in [0.5, 0.6) is 5.75 Å². The summed E-state index contributed by atoms with van der Waals surface area (Å²) in [7, 11) is 0. The first-order valence-electron chi connectivity index (χ1n) is 10.5. The van der Waals surface area contributed by atoms with Gasteiger partial charge in [-0.1, -0.05) is 63.9 Å². The molecule has 1 aliphatic heterocycles. The van der Waals surface area contributed by atoms with E-state index in [-0.39, 0.29) is 5.57 Å².